The van der Waals surface area contributed by atoms with Crippen molar-refractivity contribution in [2.75, 3.05) is 6.61 Å². The number of aromatic nitrogens is 2. The number of halogens is 2. The molecule has 1 aliphatic carbocycles. The Labute approximate surface area is 189 Å². The molecule has 0 atom stereocenters. The summed E-state index contributed by atoms with van der Waals surface area (Å²) in [6, 6.07) is 3.07. The third kappa shape index (κ3) is 6.69. The van der Waals surface area contributed by atoms with Crippen LogP contribution in [0, 0.1) is 0 Å². The molecule has 1 aliphatic rings. The minimum atomic E-state index is -1.64. The maximum Gasteiger partial charge on any atom is 0.268 e. The highest BCUT2D eigenvalue weighted by atomic mass is 35.6. The van der Waals surface area contributed by atoms with Gasteiger partial charge in [-0.05, 0) is 25.0 Å². The van der Waals surface area contributed by atoms with Crippen molar-refractivity contribution in [1.82, 2.24) is 20.4 Å². The summed E-state index contributed by atoms with van der Waals surface area (Å²) in [6.07, 6.45) is 11.8. The molecular formula is C21H32Cl2N4O2Si. The highest BCUT2D eigenvalue weighted by Crippen LogP contribution is 2.27. The first-order valence-corrected chi connectivity index (χ1v) is 15.4. The van der Waals surface area contributed by atoms with E-state index in [0.29, 0.717) is 35.6 Å². The molecule has 1 saturated carbocycles. The van der Waals surface area contributed by atoms with E-state index in [1.165, 1.54) is 38.3 Å². The second kappa shape index (κ2) is 11.0. The first-order valence-electron chi connectivity index (χ1n) is 10.8. The normalized spacial score (nSPS) is 16.4. The van der Waals surface area contributed by atoms with Crippen molar-refractivity contribution in [3.8, 4) is 0 Å². The molecule has 1 fully saturated rings. The van der Waals surface area contributed by atoms with E-state index in [2.05, 4.69) is 28.9 Å². The molecule has 6 nitrogen and oxygen atoms in total. The molecular weight excluding hydrogens is 439 g/mol. The van der Waals surface area contributed by atoms with Crippen molar-refractivity contribution in [1.29, 1.82) is 0 Å². The van der Waals surface area contributed by atoms with Crippen LogP contribution in [0.15, 0.2) is 18.5 Å². The SMILES string of the molecule is C[Si](C)(Cl)CCOCn1ccc2c(Cl)c(C(=O)NNC3CCCCCCC3)cnc21. The molecule has 0 saturated heterocycles. The van der Waals surface area contributed by atoms with E-state index < -0.39 is 7.38 Å². The van der Waals surface area contributed by atoms with E-state index in [4.69, 9.17) is 27.4 Å². The third-order valence-electron chi connectivity index (χ3n) is 5.53. The number of ether oxygens (including phenoxy) is 1. The zero-order chi connectivity index (χ0) is 21.6. The van der Waals surface area contributed by atoms with Gasteiger partial charge in [0.15, 0.2) is 7.38 Å². The van der Waals surface area contributed by atoms with Crippen LogP contribution in [-0.4, -0.2) is 35.5 Å². The maximum atomic E-state index is 12.7. The van der Waals surface area contributed by atoms with Crippen molar-refractivity contribution in [3.63, 3.8) is 0 Å². The zero-order valence-electron chi connectivity index (χ0n) is 17.8. The average Bonchev–Trinajstić information content (AvgIpc) is 3.08. The van der Waals surface area contributed by atoms with Gasteiger partial charge >= 0.3 is 0 Å². The Hall–Kier alpha value is -1.12. The molecule has 3 rings (SSSR count). The van der Waals surface area contributed by atoms with Crippen LogP contribution in [0.5, 0.6) is 0 Å². The number of nitrogens with zero attached hydrogens (tertiary/aromatic N) is 2. The highest BCUT2D eigenvalue weighted by molar-refractivity contribution is 7.19. The maximum absolute atomic E-state index is 12.7. The van der Waals surface area contributed by atoms with Gasteiger partial charge in [0.2, 0.25) is 0 Å². The fraction of sp³-hybridized carbons (Fsp3) is 0.619. The summed E-state index contributed by atoms with van der Waals surface area (Å²) in [4.78, 5) is 17.1. The van der Waals surface area contributed by atoms with Crippen molar-refractivity contribution in [2.24, 2.45) is 0 Å². The smallest absolute Gasteiger partial charge is 0.268 e. The van der Waals surface area contributed by atoms with Crippen LogP contribution in [0.1, 0.15) is 55.3 Å². The number of fused-ring (bicyclic) bond motifs is 1. The van der Waals surface area contributed by atoms with Gasteiger partial charge in [-0.15, -0.1) is 0 Å². The molecule has 2 aromatic rings. The number of amides is 1. The number of carbonyl (C=O) groups excluding carboxylic acids is 1. The second-order valence-electron chi connectivity index (χ2n) is 8.66. The summed E-state index contributed by atoms with van der Waals surface area (Å²) < 4.78 is 7.63. The van der Waals surface area contributed by atoms with Gasteiger partial charge < -0.3 is 9.30 Å². The summed E-state index contributed by atoms with van der Waals surface area (Å²) in [5.41, 5.74) is 7.10. The summed E-state index contributed by atoms with van der Waals surface area (Å²) in [7, 11) is -1.64. The largest absolute Gasteiger partial charge is 0.361 e. The first kappa shape index (κ1) is 23.5. The van der Waals surface area contributed by atoms with Crippen molar-refractivity contribution in [3.05, 3.63) is 29.0 Å². The van der Waals surface area contributed by atoms with E-state index in [0.717, 1.165) is 24.3 Å². The van der Waals surface area contributed by atoms with Crippen molar-refractivity contribution < 1.29 is 9.53 Å². The topological polar surface area (TPSA) is 68.2 Å². The molecule has 0 aromatic carbocycles. The highest BCUT2D eigenvalue weighted by Gasteiger charge is 2.19. The average molecular weight is 472 g/mol. The van der Waals surface area contributed by atoms with E-state index in [1.807, 2.05) is 16.8 Å². The molecule has 0 unspecified atom stereocenters. The number of hydrogen-bond donors (Lipinski definition) is 2. The monoisotopic (exact) mass is 470 g/mol. The van der Waals surface area contributed by atoms with E-state index in [9.17, 15) is 4.79 Å². The molecule has 166 valence electrons. The van der Waals surface area contributed by atoms with Gasteiger partial charge in [0, 0.05) is 30.4 Å². The zero-order valence-corrected chi connectivity index (χ0v) is 20.4. The van der Waals surface area contributed by atoms with Gasteiger partial charge in [0.05, 0.1) is 10.6 Å². The van der Waals surface area contributed by atoms with E-state index in [1.54, 1.807) is 0 Å². The van der Waals surface area contributed by atoms with Crippen molar-refractivity contribution in [2.45, 2.75) is 76.9 Å². The minimum Gasteiger partial charge on any atom is -0.361 e. The number of nitrogens with one attached hydrogen (secondary N) is 2. The van der Waals surface area contributed by atoms with E-state index >= 15 is 0 Å². The fourth-order valence-corrected chi connectivity index (χ4v) is 4.83. The Bertz CT molecular complexity index is 845. The lowest BCUT2D eigenvalue weighted by Gasteiger charge is -2.21. The Morgan fingerprint density at radius 3 is 2.67 bits per heavy atom. The summed E-state index contributed by atoms with van der Waals surface area (Å²) in [6.45, 7) is 5.19. The van der Waals surface area contributed by atoms with Gasteiger partial charge in [0.1, 0.15) is 12.4 Å². The van der Waals surface area contributed by atoms with Crippen LogP contribution in [0.2, 0.25) is 24.2 Å². The molecule has 0 spiro atoms. The van der Waals surface area contributed by atoms with Crippen LogP contribution in [-0.2, 0) is 11.5 Å². The molecule has 2 N–H and O–H groups in total. The second-order valence-corrected chi connectivity index (χ2v) is 16.0. The predicted molar refractivity (Wildman–Crippen MR) is 126 cm³/mol. The number of carbonyl (C=O) groups is 1. The molecule has 0 bridgehead atoms. The summed E-state index contributed by atoms with van der Waals surface area (Å²) in [5.74, 6) is -0.255. The minimum absolute atomic E-state index is 0.255. The molecule has 1 amide bonds. The standard InChI is InChI=1S/C21H32Cl2N4O2Si/c1-30(2,23)13-12-29-15-27-11-10-17-19(22)18(14-24-20(17)27)21(28)26-25-16-8-6-4-3-5-7-9-16/h10-11,14,16,25H,3-9,12-13,15H2,1-2H3,(H,26,28). The van der Waals surface area contributed by atoms with Gasteiger partial charge in [0.25, 0.3) is 5.91 Å². The summed E-state index contributed by atoms with van der Waals surface area (Å²) in [5, 5.41) is 1.15. The van der Waals surface area contributed by atoms with Gasteiger partial charge in [-0.25, -0.2) is 10.4 Å². The van der Waals surface area contributed by atoms with Crippen molar-refractivity contribution >= 4 is 47.0 Å². The quantitative estimate of drug-likeness (QED) is 0.232. The molecule has 0 radical (unpaired) electrons. The Morgan fingerprint density at radius 1 is 1.27 bits per heavy atom. The Morgan fingerprint density at radius 2 is 1.97 bits per heavy atom. The fourth-order valence-electron chi connectivity index (χ4n) is 3.68. The Balaban J connectivity index is 1.60. The third-order valence-corrected chi connectivity index (χ3v) is 7.90. The van der Waals surface area contributed by atoms with E-state index in [-0.39, 0.29) is 5.91 Å². The van der Waals surface area contributed by atoms with Gasteiger partial charge in [-0.2, -0.15) is 11.1 Å². The number of pyridine rings is 1. The predicted octanol–water partition coefficient (Wildman–Crippen LogP) is 5.46. The Kier molecular flexibility index (Phi) is 8.59. The lowest BCUT2D eigenvalue weighted by Crippen LogP contribution is -2.44. The molecule has 2 heterocycles. The molecule has 30 heavy (non-hydrogen) atoms. The number of rotatable bonds is 8. The summed E-state index contributed by atoms with van der Waals surface area (Å²) >= 11 is 12.9. The van der Waals surface area contributed by atoms with Crippen LogP contribution in [0.4, 0.5) is 0 Å². The lowest BCUT2D eigenvalue weighted by atomic mass is 9.97. The van der Waals surface area contributed by atoms with Crippen LogP contribution in [0.25, 0.3) is 11.0 Å². The van der Waals surface area contributed by atoms with Crippen LogP contribution < -0.4 is 10.9 Å². The lowest BCUT2D eigenvalue weighted by molar-refractivity contribution is 0.0901. The number of hydrazine groups is 1. The molecule has 0 aliphatic heterocycles. The van der Waals surface area contributed by atoms with Gasteiger partial charge in [-0.3, -0.25) is 10.2 Å². The molecule has 9 heteroatoms. The van der Waals surface area contributed by atoms with Crippen LogP contribution in [0.3, 0.4) is 0 Å². The number of hydrogen-bond acceptors (Lipinski definition) is 4. The van der Waals surface area contributed by atoms with Gasteiger partial charge in [-0.1, -0.05) is 56.8 Å². The first-order chi connectivity index (χ1) is 14.3. The molecule has 2 aromatic heterocycles. The van der Waals surface area contributed by atoms with Crippen LogP contribution >= 0.6 is 22.7 Å².